The molecule has 0 unspecified atom stereocenters. The minimum Gasteiger partial charge on any atom is -0.0622 e. The molecular formula is C31H24Fe+2. The first-order valence-corrected chi connectivity index (χ1v) is 10.8. The van der Waals surface area contributed by atoms with Crippen molar-refractivity contribution in [3.8, 4) is 22.3 Å². The molecule has 0 atom stereocenters. The fourth-order valence-corrected chi connectivity index (χ4v) is 4.41. The molecule has 6 aliphatic carbocycles. The van der Waals surface area contributed by atoms with Crippen molar-refractivity contribution in [1.29, 1.82) is 0 Å². The quantitative estimate of drug-likeness (QED) is 0.283. The molecule has 0 N–H and O–H groups in total. The van der Waals surface area contributed by atoms with E-state index in [1.165, 1.54) is 39.3 Å². The Hall–Kier alpha value is -2.08. The molecule has 0 bridgehead atoms. The molecule has 0 spiro atoms. The third-order valence-corrected chi connectivity index (χ3v) is 5.85. The van der Waals surface area contributed by atoms with Gasteiger partial charge in [0.1, 0.15) is 0 Å². The molecule has 0 amide bonds. The van der Waals surface area contributed by atoms with E-state index in [-0.39, 0.29) is 23.0 Å². The van der Waals surface area contributed by atoms with Crippen LogP contribution < -0.4 is 0 Å². The Morgan fingerprint density at radius 3 is 1.31 bits per heavy atom. The predicted molar refractivity (Wildman–Crippen MR) is 130 cm³/mol. The first kappa shape index (κ1) is 23.1. The van der Waals surface area contributed by atoms with Crippen LogP contribution in [0, 0.1) is 63.7 Å². The van der Waals surface area contributed by atoms with E-state index in [1.54, 1.807) is 0 Å². The summed E-state index contributed by atoms with van der Waals surface area (Å²) in [7, 11) is 0. The zero-order chi connectivity index (χ0) is 20.9. The van der Waals surface area contributed by atoms with Gasteiger partial charge in [0.15, 0.2) is 0 Å². The van der Waals surface area contributed by atoms with Gasteiger partial charge in [0, 0.05) is 5.92 Å². The van der Waals surface area contributed by atoms with Crippen molar-refractivity contribution < 1.29 is 17.1 Å². The van der Waals surface area contributed by atoms with Crippen LogP contribution in [0.1, 0.15) is 17.0 Å². The molecule has 0 heterocycles. The zero-order valence-corrected chi connectivity index (χ0v) is 18.8. The molecule has 0 aromatic rings. The molecule has 10 radical (unpaired) electrons. The minimum absolute atomic E-state index is 0. The fraction of sp³-hybridized carbons (Fsp3) is 0.0323. The molecule has 1 heteroatoms. The van der Waals surface area contributed by atoms with E-state index in [1.807, 2.05) is 32.1 Å². The van der Waals surface area contributed by atoms with Crippen LogP contribution in [0.25, 0.3) is 22.3 Å². The topological polar surface area (TPSA) is 0 Å². The summed E-state index contributed by atoms with van der Waals surface area (Å²) in [4.78, 5) is 0. The van der Waals surface area contributed by atoms with Gasteiger partial charge in [0.25, 0.3) is 0 Å². The monoisotopic (exact) mass is 452 g/mol. The van der Waals surface area contributed by atoms with Crippen molar-refractivity contribution >= 4 is 0 Å². The summed E-state index contributed by atoms with van der Waals surface area (Å²) in [5.74, 6) is 1.59. The Morgan fingerprint density at radius 2 is 0.844 bits per heavy atom. The average Bonchev–Trinajstić information content (AvgIpc) is 3.59. The van der Waals surface area contributed by atoms with Crippen molar-refractivity contribution in [3.05, 3.63) is 160 Å². The van der Waals surface area contributed by atoms with Crippen LogP contribution in [-0.4, -0.2) is 0 Å². The van der Waals surface area contributed by atoms with Crippen molar-refractivity contribution in [2.24, 2.45) is 0 Å². The van der Waals surface area contributed by atoms with Gasteiger partial charge in [-0.15, -0.1) is 0 Å². The van der Waals surface area contributed by atoms with Gasteiger partial charge in [-0.2, -0.15) is 0 Å². The SMILES string of the molecule is [CH]1[CH][CH][CH][CH]1.[CH]1[CH][CH][C](C(c2ccc3cccccc2-3)c2ccc3cccccc2-3)[CH]1.[Fe+2]. The second-order valence-corrected chi connectivity index (χ2v) is 7.75. The van der Waals surface area contributed by atoms with Crippen LogP contribution in [0.3, 0.4) is 0 Å². The second-order valence-electron chi connectivity index (χ2n) is 7.75. The molecule has 2 saturated carbocycles. The Labute approximate surface area is 204 Å². The molecule has 6 aliphatic rings. The molecule has 0 aromatic carbocycles. The molecule has 154 valence electrons. The minimum atomic E-state index is 0. The zero-order valence-electron chi connectivity index (χ0n) is 17.7. The van der Waals surface area contributed by atoms with E-state index < -0.39 is 0 Å². The van der Waals surface area contributed by atoms with Crippen molar-refractivity contribution in [1.82, 2.24) is 0 Å². The fourth-order valence-electron chi connectivity index (χ4n) is 4.41. The van der Waals surface area contributed by atoms with E-state index in [9.17, 15) is 0 Å². The normalized spacial score (nSPS) is 16.2. The Kier molecular flexibility index (Phi) is 8.06. The van der Waals surface area contributed by atoms with Gasteiger partial charge in [0.2, 0.25) is 0 Å². The van der Waals surface area contributed by atoms with Gasteiger partial charge in [-0.05, 0) is 97.1 Å². The van der Waals surface area contributed by atoms with Crippen LogP contribution in [0.4, 0.5) is 0 Å². The number of rotatable bonds is 3. The predicted octanol–water partition coefficient (Wildman–Crippen LogP) is 7.45. The van der Waals surface area contributed by atoms with Crippen LogP contribution >= 0.6 is 0 Å². The number of fused-ring (bicyclic) bond motifs is 2. The summed E-state index contributed by atoms with van der Waals surface area (Å²) in [5, 5.41) is 0. The van der Waals surface area contributed by atoms with E-state index in [4.69, 9.17) is 0 Å². The maximum Gasteiger partial charge on any atom is 2.00 e. The van der Waals surface area contributed by atoms with Crippen LogP contribution in [0.5, 0.6) is 0 Å². The average molecular weight is 452 g/mol. The summed E-state index contributed by atoms with van der Waals surface area (Å²) in [6, 6.07) is 30.6. The molecule has 0 nitrogen and oxygen atoms in total. The van der Waals surface area contributed by atoms with E-state index in [0.717, 1.165) is 0 Å². The first-order valence-electron chi connectivity index (χ1n) is 10.8. The molecule has 0 saturated heterocycles. The standard InChI is InChI=1S/C26H19.C5H5.Fe/c1-3-9-19-15-17-24(22(19)13-5-1)26(21-11-7-8-12-21)25-18-16-20-10-4-2-6-14-23(20)25;1-2-4-5-3-1;/h1-18,26H;1-5H;/q;;+2. The van der Waals surface area contributed by atoms with E-state index in [2.05, 4.69) is 111 Å². The summed E-state index contributed by atoms with van der Waals surface area (Å²) in [6.45, 7) is 0. The van der Waals surface area contributed by atoms with Crippen LogP contribution in [0.15, 0.2) is 84.9 Å². The summed E-state index contributed by atoms with van der Waals surface area (Å²) in [5.41, 5.74) is 8.00. The third kappa shape index (κ3) is 4.95. The number of hydrogen-bond donors (Lipinski definition) is 0. The van der Waals surface area contributed by atoms with E-state index >= 15 is 0 Å². The van der Waals surface area contributed by atoms with Gasteiger partial charge in [-0.3, -0.25) is 0 Å². The van der Waals surface area contributed by atoms with Crippen molar-refractivity contribution in [2.45, 2.75) is 5.92 Å². The van der Waals surface area contributed by atoms with Crippen LogP contribution in [0.2, 0.25) is 0 Å². The van der Waals surface area contributed by atoms with Gasteiger partial charge in [0.05, 0.1) is 0 Å². The van der Waals surface area contributed by atoms with E-state index in [0.29, 0.717) is 0 Å². The molecule has 2 fully saturated rings. The Bertz CT molecular complexity index is 961. The van der Waals surface area contributed by atoms with Gasteiger partial charge in [-0.1, -0.05) is 84.9 Å². The Balaban J connectivity index is 0.000000363. The summed E-state index contributed by atoms with van der Waals surface area (Å²) in [6.07, 6.45) is 18.8. The molecule has 32 heavy (non-hydrogen) atoms. The van der Waals surface area contributed by atoms with Crippen molar-refractivity contribution in [2.75, 3.05) is 0 Å². The second kappa shape index (κ2) is 11.2. The van der Waals surface area contributed by atoms with Gasteiger partial charge >= 0.3 is 17.1 Å². The molecule has 0 aliphatic heterocycles. The molecule has 6 rings (SSSR count). The molecular weight excluding hydrogens is 428 g/mol. The largest absolute Gasteiger partial charge is 2.00 e. The maximum absolute atomic E-state index is 2.30. The van der Waals surface area contributed by atoms with Crippen molar-refractivity contribution in [3.63, 3.8) is 0 Å². The third-order valence-electron chi connectivity index (χ3n) is 5.85. The van der Waals surface area contributed by atoms with Crippen LogP contribution in [-0.2, 0) is 17.1 Å². The van der Waals surface area contributed by atoms with Gasteiger partial charge < -0.3 is 0 Å². The molecule has 0 aromatic heterocycles. The first-order chi connectivity index (χ1) is 15.4. The summed E-state index contributed by atoms with van der Waals surface area (Å²) < 4.78 is 0. The number of hydrogen-bond acceptors (Lipinski definition) is 0. The summed E-state index contributed by atoms with van der Waals surface area (Å²) >= 11 is 0. The smallest absolute Gasteiger partial charge is 0.0622 e. The maximum atomic E-state index is 2.30. The Morgan fingerprint density at radius 1 is 0.406 bits per heavy atom. The van der Waals surface area contributed by atoms with Gasteiger partial charge in [-0.25, -0.2) is 0 Å².